The molecule has 0 saturated heterocycles. The molecule has 1 heterocycles. The molecule has 2 rings (SSSR count). The van der Waals surface area contributed by atoms with E-state index in [0.717, 1.165) is 23.3 Å². The van der Waals surface area contributed by atoms with Crippen molar-refractivity contribution in [3.63, 3.8) is 0 Å². The summed E-state index contributed by atoms with van der Waals surface area (Å²) in [6.45, 7) is 1.26. The third-order valence-electron chi connectivity index (χ3n) is 2.40. The maximum Gasteiger partial charge on any atom is 0.124 e. The standard InChI is InChI=1S/C10H14N2O/c11-6-7-1-2-8-9(12)3-4-13-10(8)5-7/h1-2,5,9H,3-4,6,11-12H2. The van der Waals surface area contributed by atoms with E-state index in [9.17, 15) is 0 Å². The van der Waals surface area contributed by atoms with Crippen LogP contribution in [-0.4, -0.2) is 6.61 Å². The van der Waals surface area contributed by atoms with Crippen molar-refractivity contribution in [1.82, 2.24) is 0 Å². The van der Waals surface area contributed by atoms with Gasteiger partial charge in [-0.15, -0.1) is 0 Å². The molecule has 1 aromatic carbocycles. The zero-order chi connectivity index (χ0) is 9.26. The van der Waals surface area contributed by atoms with Crippen LogP contribution in [0.2, 0.25) is 0 Å². The molecule has 3 nitrogen and oxygen atoms in total. The average molecular weight is 178 g/mol. The zero-order valence-electron chi connectivity index (χ0n) is 7.49. The summed E-state index contributed by atoms with van der Waals surface area (Å²) in [5.41, 5.74) is 13.6. The molecule has 0 amide bonds. The second-order valence-corrected chi connectivity index (χ2v) is 3.32. The monoisotopic (exact) mass is 178 g/mol. The molecular weight excluding hydrogens is 164 g/mol. The summed E-state index contributed by atoms with van der Waals surface area (Å²) in [6, 6.07) is 6.12. The van der Waals surface area contributed by atoms with Gasteiger partial charge >= 0.3 is 0 Å². The predicted octanol–water partition coefficient (Wildman–Crippen LogP) is 0.928. The van der Waals surface area contributed by atoms with E-state index < -0.39 is 0 Å². The molecule has 0 fully saturated rings. The van der Waals surface area contributed by atoms with Gasteiger partial charge in [-0.25, -0.2) is 0 Å². The summed E-state index contributed by atoms with van der Waals surface area (Å²) in [5.74, 6) is 0.904. The van der Waals surface area contributed by atoms with Gasteiger partial charge in [-0.05, 0) is 11.6 Å². The molecule has 4 N–H and O–H groups in total. The number of hydrogen-bond donors (Lipinski definition) is 2. The van der Waals surface area contributed by atoms with Gasteiger partial charge in [-0.2, -0.15) is 0 Å². The minimum absolute atomic E-state index is 0.121. The van der Waals surface area contributed by atoms with Gasteiger partial charge in [0.05, 0.1) is 6.61 Å². The molecule has 70 valence electrons. The van der Waals surface area contributed by atoms with Crippen LogP contribution in [0.4, 0.5) is 0 Å². The van der Waals surface area contributed by atoms with Crippen molar-refractivity contribution in [2.75, 3.05) is 6.61 Å². The number of ether oxygens (including phenoxy) is 1. The van der Waals surface area contributed by atoms with Crippen LogP contribution in [0.1, 0.15) is 23.6 Å². The zero-order valence-corrected chi connectivity index (χ0v) is 7.49. The van der Waals surface area contributed by atoms with Crippen molar-refractivity contribution in [2.24, 2.45) is 11.5 Å². The first kappa shape index (κ1) is 8.53. The lowest BCUT2D eigenvalue weighted by molar-refractivity contribution is 0.268. The van der Waals surface area contributed by atoms with Crippen LogP contribution in [0.3, 0.4) is 0 Å². The van der Waals surface area contributed by atoms with E-state index in [1.807, 2.05) is 18.2 Å². The van der Waals surface area contributed by atoms with Gasteiger partial charge in [0.15, 0.2) is 0 Å². The maximum atomic E-state index is 5.93. The van der Waals surface area contributed by atoms with E-state index in [0.29, 0.717) is 13.2 Å². The number of benzene rings is 1. The first-order valence-electron chi connectivity index (χ1n) is 4.52. The summed E-state index contributed by atoms with van der Waals surface area (Å²) in [6.07, 6.45) is 0.898. The molecule has 0 aliphatic carbocycles. The van der Waals surface area contributed by atoms with Crippen LogP contribution in [0, 0.1) is 0 Å². The van der Waals surface area contributed by atoms with Crippen molar-refractivity contribution in [3.8, 4) is 5.75 Å². The molecule has 1 aliphatic heterocycles. The Kier molecular flexibility index (Phi) is 2.20. The topological polar surface area (TPSA) is 61.3 Å². The molecule has 3 heteroatoms. The summed E-state index contributed by atoms with van der Waals surface area (Å²) >= 11 is 0. The van der Waals surface area contributed by atoms with E-state index in [1.54, 1.807) is 0 Å². The Morgan fingerprint density at radius 3 is 3.08 bits per heavy atom. The molecule has 1 aromatic rings. The fraction of sp³-hybridized carbons (Fsp3) is 0.400. The van der Waals surface area contributed by atoms with E-state index in [1.165, 1.54) is 0 Å². The normalized spacial score (nSPS) is 20.6. The Morgan fingerprint density at radius 2 is 2.31 bits per heavy atom. The van der Waals surface area contributed by atoms with Gasteiger partial charge in [-0.1, -0.05) is 12.1 Å². The highest BCUT2D eigenvalue weighted by Crippen LogP contribution is 2.30. The predicted molar refractivity (Wildman–Crippen MR) is 51.4 cm³/mol. The SMILES string of the molecule is NCc1ccc2c(c1)OCCC2N. The van der Waals surface area contributed by atoms with Crippen LogP contribution in [0.5, 0.6) is 5.75 Å². The quantitative estimate of drug-likeness (QED) is 0.672. The van der Waals surface area contributed by atoms with Crippen molar-refractivity contribution < 1.29 is 4.74 Å². The van der Waals surface area contributed by atoms with Gasteiger partial charge in [0.25, 0.3) is 0 Å². The molecule has 1 aliphatic rings. The van der Waals surface area contributed by atoms with Crippen LogP contribution in [-0.2, 0) is 6.54 Å². The highest BCUT2D eigenvalue weighted by atomic mass is 16.5. The minimum Gasteiger partial charge on any atom is -0.493 e. The van der Waals surface area contributed by atoms with E-state index in [-0.39, 0.29) is 6.04 Å². The summed E-state index contributed by atoms with van der Waals surface area (Å²) in [4.78, 5) is 0. The Balaban J connectivity index is 2.39. The first-order valence-corrected chi connectivity index (χ1v) is 4.52. The molecule has 0 saturated carbocycles. The van der Waals surface area contributed by atoms with Crippen LogP contribution < -0.4 is 16.2 Å². The van der Waals surface area contributed by atoms with E-state index >= 15 is 0 Å². The average Bonchev–Trinajstić information content (AvgIpc) is 2.18. The second-order valence-electron chi connectivity index (χ2n) is 3.32. The highest BCUT2D eigenvalue weighted by molar-refractivity contribution is 5.40. The van der Waals surface area contributed by atoms with Crippen molar-refractivity contribution in [1.29, 1.82) is 0 Å². The largest absolute Gasteiger partial charge is 0.493 e. The lowest BCUT2D eigenvalue weighted by Gasteiger charge is -2.23. The van der Waals surface area contributed by atoms with E-state index in [4.69, 9.17) is 16.2 Å². The number of nitrogens with two attached hydrogens (primary N) is 2. The van der Waals surface area contributed by atoms with Crippen LogP contribution in [0.15, 0.2) is 18.2 Å². The molecule has 0 aromatic heterocycles. The maximum absolute atomic E-state index is 5.93. The number of rotatable bonds is 1. The van der Waals surface area contributed by atoms with Crippen LogP contribution >= 0.6 is 0 Å². The third kappa shape index (κ3) is 1.53. The van der Waals surface area contributed by atoms with Gasteiger partial charge < -0.3 is 16.2 Å². The molecule has 0 bridgehead atoms. The fourth-order valence-electron chi connectivity index (χ4n) is 1.59. The minimum atomic E-state index is 0.121. The Morgan fingerprint density at radius 1 is 1.46 bits per heavy atom. The number of hydrogen-bond acceptors (Lipinski definition) is 3. The lowest BCUT2D eigenvalue weighted by atomic mass is 10.00. The highest BCUT2D eigenvalue weighted by Gasteiger charge is 2.17. The van der Waals surface area contributed by atoms with Gasteiger partial charge in [0, 0.05) is 24.6 Å². The lowest BCUT2D eigenvalue weighted by Crippen LogP contribution is -2.20. The fourth-order valence-corrected chi connectivity index (χ4v) is 1.59. The van der Waals surface area contributed by atoms with Gasteiger partial charge in [0.2, 0.25) is 0 Å². The molecule has 0 spiro atoms. The van der Waals surface area contributed by atoms with Gasteiger partial charge in [-0.3, -0.25) is 0 Å². The van der Waals surface area contributed by atoms with Crippen LogP contribution in [0.25, 0.3) is 0 Å². The molecule has 13 heavy (non-hydrogen) atoms. The Hall–Kier alpha value is -1.06. The Labute approximate surface area is 77.7 Å². The summed E-state index contributed by atoms with van der Waals surface area (Å²) in [5, 5.41) is 0. The second kappa shape index (κ2) is 3.36. The first-order chi connectivity index (χ1) is 6.31. The van der Waals surface area contributed by atoms with Gasteiger partial charge in [0.1, 0.15) is 5.75 Å². The molecule has 0 radical (unpaired) electrons. The number of fused-ring (bicyclic) bond motifs is 1. The summed E-state index contributed by atoms with van der Waals surface area (Å²) < 4.78 is 5.50. The third-order valence-corrected chi connectivity index (χ3v) is 2.40. The van der Waals surface area contributed by atoms with E-state index in [2.05, 4.69) is 0 Å². The molecular formula is C10H14N2O. The van der Waals surface area contributed by atoms with Crippen molar-refractivity contribution >= 4 is 0 Å². The Bertz CT molecular complexity index is 312. The summed E-state index contributed by atoms with van der Waals surface area (Å²) in [7, 11) is 0. The van der Waals surface area contributed by atoms with Crippen molar-refractivity contribution in [2.45, 2.75) is 19.0 Å². The molecule has 1 unspecified atom stereocenters. The molecule has 1 atom stereocenters. The van der Waals surface area contributed by atoms with Crippen molar-refractivity contribution in [3.05, 3.63) is 29.3 Å². The smallest absolute Gasteiger partial charge is 0.124 e.